The molecule has 0 bridgehead atoms. The number of aryl methyl sites for hydroxylation is 1. The van der Waals surface area contributed by atoms with Crippen LogP contribution in [0.4, 0.5) is 0 Å². The summed E-state index contributed by atoms with van der Waals surface area (Å²) in [6, 6.07) is 20.6. The molecule has 0 N–H and O–H groups in total. The molecule has 0 saturated heterocycles. The molecule has 0 atom stereocenters. The molecule has 0 nitrogen and oxygen atoms in total. The second-order valence-electron chi connectivity index (χ2n) is 10.0. The maximum Gasteiger partial charge on any atom is 0.0433 e. The number of hydrogen-bond donors (Lipinski definition) is 0. The molecular weight excluding hydrogens is 356 g/mol. The lowest BCUT2D eigenvalue weighted by Gasteiger charge is -2.26. The Morgan fingerprint density at radius 2 is 1.18 bits per heavy atom. The van der Waals surface area contributed by atoms with Crippen molar-refractivity contribution in [2.75, 3.05) is 0 Å². The van der Waals surface area contributed by atoms with E-state index in [0.29, 0.717) is 0 Å². The molecule has 4 aromatic rings. The van der Waals surface area contributed by atoms with Gasteiger partial charge in [-0.3, -0.25) is 0 Å². The van der Waals surface area contributed by atoms with Crippen LogP contribution in [0.5, 0.6) is 0 Å². The van der Waals surface area contributed by atoms with Gasteiger partial charge in [0.25, 0.3) is 0 Å². The molecule has 0 radical (unpaired) electrons. The predicted molar refractivity (Wildman–Crippen MR) is 127 cm³/mol. The van der Waals surface area contributed by atoms with Crippen LogP contribution in [0, 0.1) is 6.92 Å². The lowest BCUT2D eigenvalue weighted by molar-refractivity contribution is 0.569. The summed E-state index contributed by atoms with van der Waals surface area (Å²) in [5.74, 6) is 0. The quantitative estimate of drug-likeness (QED) is 0.307. The summed E-state index contributed by atoms with van der Waals surface area (Å²) in [6.07, 6.45) is 0. The minimum Gasteiger partial charge on any atom is -0.134 e. The van der Waals surface area contributed by atoms with E-state index < -0.39 is 0 Å². The van der Waals surface area contributed by atoms with Gasteiger partial charge in [-0.2, -0.15) is 0 Å². The number of hydrogen-bond acceptors (Lipinski definition) is 1. The first-order valence-electron chi connectivity index (χ1n) is 10.1. The Labute approximate surface area is 173 Å². The van der Waals surface area contributed by atoms with Gasteiger partial charge < -0.3 is 0 Å². The molecule has 0 amide bonds. The number of thiophene rings is 1. The number of rotatable bonds is 1. The van der Waals surface area contributed by atoms with E-state index in [-0.39, 0.29) is 10.8 Å². The van der Waals surface area contributed by atoms with Crippen molar-refractivity contribution < 1.29 is 0 Å². The summed E-state index contributed by atoms with van der Waals surface area (Å²) < 4.78 is 2.81. The monoisotopic (exact) mass is 386 g/mol. The zero-order valence-electron chi connectivity index (χ0n) is 18.1. The van der Waals surface area contributed by atoms with E-state index in [4.69, 9.17) is 0 Å². The fourth-order valence-corrected chi connectivity index (χ4v) is 5.14. The second-order valence-corrected chi connectivity index (χ2v) is 11.1. The van der Waals surface area contributed by atoms with Crippen molar-refractivity contribution in [2.24, 2.45) is 0 Å². The summed E-state index contributed by atoms with van der Waals surface area (Å²) in [6.45, 7) is 16.1. The van der Waals surface area contributed by atoms with E-state index in [1.807, 2.05) is 11.3 Å². The summed E-state index contributed by atoms with van der Waals surface area (Å²) in [5, 5.41) is 2.75. The first-order chi connectivity index (χ1) is 13.1. The van der Waals surface area contributed by atoms with E-state index in [0.717, 1.165) is 0 Å². The lowest BCUT2D eigenvalue weighted by Crippen LogP contribution is -2.16. The largest absolute Gasteiger partial charge is 0.134 e. The molecule has 0 unspecified atom stereocenters. The van der Waals surface area contributed by atoms with Crippen LogP contribution < -0.4 is 0 Å². The van der Waals surface area contributed by atoms with Crippen LogP contribution in [0.25, 0.3) is 31.3 Å². The van der Waals surface area contributed by atoms with Crippen molar-refractivity contribution in [2.45, 2.75) is 59.3 Å². The summed E-state index contributed by atoms with van der Waals surface area (Å²) in [4.78, 5) is 0. The highest BCUT2D eigenvalue weighted by atomic mass is 32.1. The van der Waals surface area contributed by atoms with Crippen LogP contribution in [0.1, 0.15) is 58.2 Å². The molecular formula is C27H30S. The van der Waals surface area contributed by atoms with E-state index in [1.165, 1.54) is 48.0 Å². The van der Waals surface area contributed by atoms with Gasteiger partial charge in [-0.25, -0.2) is 0 Å². The van der Waals surface area contributed by atoms with E-state index in [9.17, 15) is 0 Å². The third-order valence-corrected chi connectivity index (χ3v) is 7.09. The molecule has 0 aliphatic carbocycles. The minimum atomic E-state index is 0.126. The van der Waals surface area contributed by atoms with Gasteiger partial charge in [0.15, 0.2) is 0 Å². The normalized spacial score (nSPS) is 12.8. The van der Waals surface area contributed by atoms with Gasteiger partial charge in [0.1, 0.15) is 0 Å². The fourth-order valence-electron chi connectivity index (χ4n) is 3.84. The molecule has 28 heavy (non-hydrogen) atoms. The first kappa shape index (κ1) is 19.2. The van der Waals surface area contributed by atoms with Gasteiger partial charge in [-0.1, -0.05) is 96.1 Å². The van der Waals surface area contributed by atoms with Gasteiger partial charge in [0.2, 0.25) is 0 Å². The maximum absolute atomic E-state index is 2.40. The Balaban J connectivity index is 2.05. The fraction of sp³-hybridized carbons (Fsp3) is 0.333. The Bertz CT molecular complexity index is 1140. The molecule has 0 fully saturated rings. The third kappa shape index (κ3) is 3.26. The van der Waals surface area contributed by atoms with Gasteiger partial charge in [0, 0.05) is 20.2 Å². The third-order valence-electron chi connectivity index (χ3n) is 5.70. The molecule has 1 aromatic heterocycles. The van der Waals surface area contributed by atoms with Gasteiger partial charge >= 0.3 is 0 Å². The van der Waals surface area contributed by atoms with Crippen molar-refractivity contribution in [3.8, 4) is 11.1 Å². The molecule has 1 heteroatoms. The second kappa shape index (κ2) is 6.46. The van der Waals surface area contributed by atoms with E-state index in [1.54, 1.807) is 0 Å². The summed E-state index contributed by atoms with van der Waals surface area (Å²) in [5.41, 5.74) is 7.13. The Morgan fingerprint density at radius 1 is 0.643 bits per heavy atom. The topological polar surface area (TPSA) is 0 Å². The predicted octanol–water partition coefficient (Wildman–Crippen LogP) is 8.62. The molecule has 0 aliphatic heterocycles. The Kier molecular flexibility index (Phi) is 4.43. The zero-order valence-corrected chi connectivity index (χ0v) is 18.9. The van der Waals surface area contributed by atoms with Crippen LogP contribution in [0.3, 0.4) is 0 Å². The van der Waals surface area contributed by atoms with Crippen LogP contribution in [-0.2, 0) is 10.8 Å². The van der Waals surface area contributed by atoms with Crippen LogP contribution in [0.2, 0.25) is 0 Å². The van der Waals surface area contributed by atoms with Crippen LogP contribution in [0.15, 0.2) is 54.6 Å². The standard InChI is InChI=1S/C27H30S/c1-17-10-8-12-22-23-13-9-11-21(25(23)28-24(17)22)18-14-19(26(2,3)4)16-20(15-18)27(5,6)7/h8-16H,1-7H3. The zero-order chi connectivity index (χ0) is 20.3. The van der Waals surface area contributed by atoms with E-state index >= 15 is 0 Å². The molecule has 4 rings (SSSR count). The summed E-state index contributed by atoms with van der Waals surface area (Å²) in [7, 11) is 0. The maximum atomic E-state index is 2.40. The van der Waals surface area contributed by atoms with Gasteiger partial charge in [0.05, 0.1) is 0 Å². The average Bonchev–Trinajstić information content (AvgIpc) is 3.00. The number of fused-ring (bicyclic) bond motifs is 3. The van der Waals surface area contributed by atoms with Crippen molar-refractivity contribution in [1.82, 2.24) is 0 Å². The highest BCUT2D eigenvalue weighted by molar-refractivity contribution is 7.26. The highest BCUT2D eigenvalue weighted by Crippen LogP contribution is 2.42. The van der Waals surface area contributed by atoms with Crippen molar-refractivity contribution >= 4 is 31.5 Å². The molecule has 3 aromatic carbocycles. The molecule has 1 heterocycles. The highest BCUT2D eigenvalue weighted by Gasteiger charge is 2.22. The van der Waals surface area contributed by atoms with Crippen LogP contribution >= 0.6 is 11.3 Å². The van der Waals surface area contributed by atoms with Gasteiger partial charge in [-0.05, 0) is 45.6 Å². The molecule has 0 aliphatic rings. The molecule has 0 spiro atoms. The number of benzene rings is 3. The molecule has 144 valence electrons. The van der Waals surface area contributed by atoms with Crippen molar-refractivity contribution in [1.29, 1.82) is 0 Å². The summed E-state index contributed by atoms with van der Waals surface area (Å²) >= 11 is 1.94. The average molecular weight is 387 g/mol. The van der Waals surface area contributed by atoms with Crippen LogP contribution in [-0.4, -0.2) is 0 Å². The van der Waals surface area contributed by atoms with Crippen molar-refractivity contribution in [3.05, 3.63) is 71.3 Å². The first-order valence-corrected chi connectivity index (χ1v) is 10.9. The van der Waals surface area contributed by atoms with Gasteiger partial charge in [-0.15, -0.1) is 11.3 Å². The minimum absolute atomic E-state index is 0.126. The van der Waals surface area contributed by atoms with Crippen molar-refractivity contribution in [3.63, 3.8) is 0 Å². The Hall–Kier alpha value is -2.12. The lowest BCUT2D eigenvalue weighted by atomic mass is 9.79. The Morgan fingerprint density at radius 3 is 1.75 bits per heavy atom. The molecule has 0 saturated carbocycles. The van der Waals surface area contributed by atoms with E-state index in [2.05, 4.69) is 103 Å². The smallest absolute Gasteiger partial charge is 0.0433 e. The SMILES string of the molecule is Cc1cccc2c1sc1c(-c3cc(C(C)(C)C)cc(C(C)(C)C)c3)cccc12.